The van der Waals surface area contributed by atoms with Crippen LogP contribution in [0.4, 0.5) is 11.4 Å². The van der Waals surface area contributed by atoms with Gasteiger partial charge in [-0.1, -0.05) is 12.1 Å². The van der Waals surface area contributed by atoms with Gasteiger partial charge in [0.2, 0.25) is 11.8 Å². The number of amides is 3. The van der Waals surface area contributed by atoms with Crippen molar-refractivity contribution in [3.63, 3.8) is 0 Å². The highest BCUT2D eigenvalue weighted by atomic mass is 16.3. The molecule has 0 saturated carbocycles. The van der Waals surface area contributed by atoms with Crippen LogP contribution in [0.2, 0.25) is 0 Å². The molecule has 0 aliphatic carbocycles. The Hall–Kier alpha value is -3.09. The molecule has 0 unspecified atom stereocenters. The summed E-state index contributed by atoms with van der Waals surface area (Å²) >= 11 is 0. The summed E-state index contributed by atoms with van der Waals surface area (Å²) in [6.45, 7) is 1.64. The van der Waals surface area contributed by atoms with Gasteiger partial charge in [-0.15, -0.1) is 0 Å². The Labute approximate surface area is 163 Å². The highest BCUT2D eigenvalue weighted by Crippen LogP contribution is 2.30. The van der Waals surface area contributed by atoms with E-state index in [2.05, 4.69) is 5.32 Å². The number of para-hydroxylation sites is 2. The summed E-state index contributed by atoms with van der Waals surface area (Å²) in [6, 6.07) is 10.7. The maximum Gasteiger partial charge on any atom is 0.289 e. The molecule has 146 valence electrons. The Bertz CT molecular complexity index is 878. The number of furan rings is 1. The minimum atomic E-state index is -0.296. The van der Waals surface area contributed by atoms with Crippen molar-refractivity contribution in [2.45, 2.75) is 25.7 Å². The van der Waals surface area contributed by atoms with Crippen LogP contribution in [0.15, 0.2) is 47.1 Å². The molecule has 1 aromatic carbocycles. The highest BCUT2D eigenvalue weighted by molar-refractivity contribution is 6.02. The minimum Gasteiger partial charge on any atom is -0.459 e. The second-order valence-corrected chi connectivity index (χ2v) is 7.22. The smallest absolute Gasteiger partial charge is 0.289 e. The Morgan fingerprint density at radius 1 is 1.07 bits per heavy atom. The summed E-state index contributed by atoms with van der Waals surface area (Å²) in [7, 11) is 0. The Morgan fingerprint density at radius 2 is 1.93 bits per heavy atom. The number of hydrogen-bond donors (Lipinski definition) is 1. The topological polar surface area (TPSA) is 82.9 Å². The van der Waals surface area contributed by atoms with Crippen molar-refractivity contribution < 1.29 is 18.8 Å². The van der Waals surface area contributed by atoms with E-state index in [1.54, 1.807) is 21.9 Å². The zero-order valence-electron chi connectivity index (χ0n) is 15.6. The van der Waals surface area contributed by atoms with E-state index in [9.17, 15) is 14.4 Å². The summed E-state index contributed by atoms with van der Waals surface area (Å²) in [5.41, 5.74) is 1.37. The van der Waals surface area contributed by atoms with E-state index < -0.39 is 0 Å². The van der Waals surface area contributed by atoms with Crippen LogP contribution in [0, 0.1) is 5.92 Å². The van der Waals surface area contributed by atoms with E-state index in [0.717, 1.165) is 24.9 Å². The molecule has 3 heterocycles. The molecule has 7 heteroatoms. The van der Waals surface area contributed by atoms with Gasteiger partial charge in [-0.05, 0) is 43.5 Å². The van der Waals surface area contributed by atoms with Crippen LogP contribution in [0.5, 0.6) is 0 Å². The molecule has 0 bridgehead atoms. The average Bonchev–Trinajstić information content (AvgIpc) is 3.40. The molecule has 2 aliphatic heterocycles. The molecule has 1 N–H and O–H groups in total. The number of carbonyl (C=O) groups excluding carboxylic acids is 3. The van der Waals surface area contributed by atoms with Crippen LogP contribution in [-0.4, -0.2) is 42.3 Å². The van der Waals surface area contributed by atoms with Crippen LogP contribution in [0.1, 0.15) is 36.2 Å². The molecule has 1 atom stereocenters. The largest absolute Gasteiger partial charge is 0.459 e. The number of rotatable bonds is 4. The fourth-order valence-corrected chi connectivity index (χ4v) is 3.88. The molecule has 2 saturated heterocycles. The van der Waals surface area contributed by atoms with Crippen molar-refractivity contribution in [1.29, 1.82) is 0 Å². The third kappa shape index (κ3) is 3.65. The molecule has 0 spiro atoms. The van der Waals surface area contributed by atoms with Gasteiger partial charge >= 0.3 is 0 Å². The van der Waals surface area contributed by atoms with Crippen LogP contribution < -0.4 is 10.2 Å². The lowest BCUT2D eigenvalue weighted by Crippen LogP contribution is -2.43. The number of likely N-dealkylation sites (tertiary alicyclic amines) is 1. The average molecular weight is 381 g/mol. The van der Waals surface area contributed by atoms with E-state index in [1.807, 2.05) is 24.3 Å². The van der Waals surface area contributed by atoms with E-state index >= 15 is 0 Å². The predicted molar refractivity (Wildman–Crippen MR) is 104 cm³/mol. The van der Waals surface area contributed by atoms with Crippen molar-refractivity contribution in [2.24, 2.45) is 5.92 Å². The molecule has 0 radical (unpaired) electrons. The van der Waals surface area contributed by atoms with Crippen molar-refractivity contribution in [3.05, 3.63) is 48.4 Å². The van der Waals surface area contributed by atoms with Gasteiger partial charge in [0.15, 0.2) is 5.76 Å². The molecule has 2 aromatic rings. The Morgan fingerprint density at radius 3 is 2.68 bits per heavy atom. The first kappa shape index (κ1) is 18.3. The Balaban J connectivity index is 1.45. The van der Waals surface area contributed by atoms with Crippen molar-refractivity contribution in [2.75, 3.05) is 29.9 Å². The predicted octanol–water partition coefficient (Wildman–Crippen LogP) is 2.90. The van der Waals surface area contributed by atoms with E-state index in [1.165, 1.54) is 6.26 Å². The molecule has 3 amide bonds. The van der Waals surface area contributed by atoms with E-state index in [4.69, 9.17) is 4.42 Å². The molecular formula is C21H23N3O4. The standard InChI is InChI=1S/C21H23N3O4/c25-19-10-4-12-24(19)17-8-2-1-7-16(17)22-20(26)15-6-3-11-23(14-15)21(27)18-9-5-13-28-18/h1-2,5,7-9,13,15H,3-4,6,10-12,14H2,(H,22,26)/t15-/m1/s1. The van der Waals surface area contributed by atoms with Gasteiger partial charge in [0, 0.05) is 26.1 Å². The number of benzene rings is 1. The van der Waals surface area contributed by atoms with Gasteiger partial charge in [0.05, 0.1) is 23.6 Å². The second-order valence-electron chi connectivity index (χ2n) is 7.22. The lowest BCUT2D eigenvalue weighted by Gasteiger charge is -2.31. The van der Waals surface area contributed by atoms with Crippen LogP contribution in [0.25, 0.3) is 0 Å². The molecular weight excluding hydrogens is 358 g/mol. The van der Waals surface area contributed by atoms with Gasteiger partial charge in [-0.3, -0.25) is 14.4 Å². The molecule has 28 heavy (non-hydrogen) atoms. The minimum absolute atomic E-state index is 0.0783. The quantitative estimate of drug-likeness (QED) is 0.883. The van der Waals surface area contributed by atoms with Gasteiger partial charge in [-0.2, -0.15) is 0 Å². The summed E-state index contributed by atoms with van der Waals surface area (Å²) in [5, 5.41) is 2.98. The molecule has 2 aliphatic rings. The second kappa shape index (κ2) is 7.88. The molecule has 4 rings (SSSR count). The summed E-state index contributed by atoms with van der Waals surface area (Å²) in [5.74, 6) is -0.245. The SMILES string of the molecule is O=C(Nc1ccccc1N1CCCC1=O)[C@@H]1CCCN(C(=O)c2ccco2)C1. The van der Waals surface area contributed by atoms with Crippen LogP contribution in [0.3, 0.4) is 0 Å². The third-order valence-corrected chi connectivity index (χ3v) is 5.34. The zero-order chi connectivity index (χ0) is 19.5. The van der Waals surface area contributed by atoms with Gasteiger partial charge in [-0.25, -0.2) is 0 Å². The summed E-state index contributed by atoms with van der Waals surface area (Å²) in [6.07, 6.45) is 4.32. The number of nitrogens with zero attached hydrogens (tertiary/aromatic N) is 2. The first-order valence-corrected chi connectivity index (χ1v) is 9.66. The normalized spacial score (nSPS) is 19.7. The number of piperidine rings is 1. The fraction of sp³-hybridized carbons (Fsp3) is 0.381. The first-order chi connectivity index (χ1) is 13.6. The number of nitrogens with one attached hydrogen (secondary N) is 1. The van der Waals surface area contributed by atoms with Gasteiger partial charge < -0.3 is 19.5 Å². The molecule has 2 fully saturated rings. The number of hydrogen-bond acceptors (Lipinski definition) is 4. The lowest BCUT2D eigenvalue weighted by atomic mass is 9.96. The van der Waals surface area contributed by atoms with Gasteiger partial charge in [0.25, 0.3) is 5.91 Å². The third-order valence-electron chi connectivity index (χ3n) is 5.34. The van der Waals surface area contributed by atoms with Gasteiger partial charge in [0.1, 0.15) is 0 Å². The van der Waals surface area contributed by atoms with Crippen LogP contribution >= 0.6 is 0 Å². The zero-order valence-corrected chi connectivity index (χ0v) is 15.6. The van der Waals surface area contributed by atoms with Crippen molar-refractivity contribution in [1.82, 2.24) is 4.90 Å². The monoisotopic (exact) mass is 381 g/mol. The summed E-state index contributed by atoms with van der Waals surface area (Å²) in [4.78, 5) is 40.9. The lowest BCUT2D eigenvalue weighted by molar-refractivity contribution is -0.121. The van der Waals surface area contributed by atoms with E-state index in [0.29, 0.717) is 37.5 Å². The van der Waals surface area contributed by atoms with Crippen LogP contribution in [-0.2, 0) is 9.59 Å². The highest BCUT2D eigenvalue weighted by Gasteiger charge is 2.31. The number of carbonyl (C=O) groups is 3. The van der Waals surface area contributed by atoms with E-state index in [-0.39, 0.29) is 23.6 Å². The maximum absolute atomic E-state index is 12.9. The van der Waals surface area contributed by atoms with Crippen molar-refractivity contribution >= 4 is 29.1 Å². The molecule has 1 aromatic heterocycles. The maximum atomic E-state index is 12.9. The Kier molecular flexibility index (Phi) is 5.14. The number of anilines is 2. The first-order valence-electron chi connectivity index (χ1n) is 9.66. The van der Waals surface area contributed by atoms with Crippen molar-refractivity contribution in [3.8, 4) is 0 Å². The molecule has 7 nitrogen and oxygen atoms in total. The summed E-state index contributed by atoms with van der Waals surface area (Å²) < 4.78 is 5.19. The fourth-order valence-electron chi connectivity index (χ4n) is 3.88.